The van der Waals surface area contributed by atoms with Gasteiger partial charge < -0.3 is 14.5 Å². The van der Waals surface area contributed by atoms with Crippen LogP contribution in [0.4, 0.5) is 0 Å². The molecule has 5 heteroatoms. The second-order valence-electron chi connectivity index (χ2n) is 4.49. The van der Waals surface area contributed by atoms with Crippen molar-refractivity contribution >= 4 is 18.0 Å². The topological polar surface area (TPSA) is 68.5 Å². The lowest BCUT2D eigenvalue weighted by atomic mass is 10.0. The maximum absolute atomic E-state index is 11.7. The van der Waals surface area contributed by atoms with Crippen LogP contribution < -0.4 is 5.32 Å². The third-order valence-corrected chi connectivity index (χ3v) is 2.84. The summed E-state index contributed by atoms with van der Waals surface area (Å²) in [5.74, 6) is 0.645. The van der Waals surface area contributed by atoms with Crippen molar-refractivity contribution in [3.8, 4) is 0 Å². The number of ether oxygens (including phenoxy) is 1. The Bertz CT molecular complexity index is 503. The van der Waals surface area contributed by atoms with E-state index in [9.17, 15) is 9.59 Å². The van der Waals surface area contributed by atoms with Crippen LogP contribution in [0, 0.1) is 6.92 Å². The smallest absolute Gasteiger partial charge is 0.331 e. The third kappa shape index (κ3) is 2.61. The van der Waals surface area contributed by atoms with Gasteiger partial charge in [0.25, 0.3) is 0 Å². The number of carbonyl (C=O) groups excluding carboxylic acids is 2. The predicted molar refractivity (Wildman–Crippen MR) is 64.6 cm³/mol. The van der Waals surface area contributed by atoms with Crippen LogP contribution in [0.3, 0.4) is 0 Å². The van der Waals surface area contributed by atoms with Gasteiger partial charge >= 0.3 is 5.97 Å². The minimum atomic E-state index is -0.916. The van der Waals surface area contributed by atoms with Crippen molar-refractivity contribution in [1.29, 1.82) is 0 Å². The molecule has 96 valence electrons. The number of rotatable bonds is 3. The molecule has 1 saturated heterocycles. The fraction of sp³-hybridized carbons (Fsp3) is 0.385. The monoisotopic (exact) mass is 249 g/mol. The highest BCUT2D eigenvalue weighted by Gasteiger charge is 2.40. The molecule has 18 heavy (non-hydrogen) atoms. The van der Waals surface area contributed by atoms with E-state index in [1.807, 2.05) is 13.0 Å². The lowest BCUT2D eigenvalue weighted by Crippen LogP contribution is -2.48. The van der Waals surface area contributed by atoms with Gasteiger partial charge in [-0.1, -0.05) is 0 Å². The van der Waals surface area contributed by atoms with E-state index in [1.54, 1.807) is 19.1 Å². The second-order valence-corrected chi connectivity index (χ2v) is 4.49. The summed E-state index contributed by atoms with van der Waals surface area (Å²) in [6.07, 6.45) is 3.40. The molecule has 1 aliphatic rings. The average molecular weight is 249 g/mol. The van der Waals surface area contributed by atoms with E-state index in [2.05, 4.69) is 5.32 Å². The van der Waals surface area contributed by atoms with Crippen molar-refractivity contribution in [2.45, 2.75) is 25.8 Å². The minimum absolute atomic E-state index is 0.342. The maximum Gasteiger partial charge on any atom is 0.331 e. The van der Waals surface area contributed by atoms with Crippen LogP contribution in [0.15, 0.2) is 22.6 Å². The fourth-order valence-electron chi connectivity index (χ4n) is 1.74. The number of nitrogens with one attached hydrogen (secondary N) is 1. The molecule has 0 bridgehead atoms. The molecule has 1 aromatic rings. The number of carbonyl (C=O) groups is 2. The van der Waals surface area contributed by atoms with E-state index < -0.39 is 11.5 Å². The highest BCUT2D eigenvalue weighted by Crippen LogP contribution is 2.19. The van der Waals surface area contributed by atoms with E-state index >= 15 is 0 Å². The van der Waals surface area contributed by atoms with Crippen LogP contribution >= 0.6 is 0 Å². The van der Waals surface area contributed by atoms with Gasteiger partial charge in [-0.05, 0) is 32.1 Å². The quantitative estimate of drug-likeness (QED) is 0.649. The van der Waals surface area contributed by atoms with E-state index in [1.165, 1.54) is 6.08 Å². The van der Waals surface area contributed by atoms with Gasteiger partial charge in [-0.2, -0.15) is 0 Å². The summed E-state index contributed by atoms with van der Waals surface area (Å²) < 4.78 is 10.1. The van der Waals surface area contributed by atoms with Crippen LogP contribution in [-0.2, 0) is 14.3 Å². The Morgan fingerprint density at radius 1 is 1.50 bits per heavy atom. The molecule has 0 aliphatic carbocycles. The number of cyclic esters (lactones) is 1. The molecule has 0 radical (unpaired) electrons. The molecule has 1 N–H and O–H groups in total. The molecule has 1 fully saturated rings. The summed E-state index contributed by atoms with van der Waals surface area (Å²) >= 11 is 0. The summed E-state index contributed by atoms with van der Waals surface area (Å²) in [5.41, 5.74) is -0.916. The van der Waals surface area contributed by atoms with E-state index in [4.69, 9.17) is 9.15 Å². The van der Waals surface area contributed by atoms with E-state index in [0.29, 0.717) is 18.8 Å². The molecule has 1 aromatic heterocycles. The van der Waals surface area contributed by atoms with E-state index in [-0.39, 0.29) is 5.91 Å². The van der Waals surface area contributed by atoms with Gasteiger partial charge in [-0.3, -0.25) is 4.79 Å². The molecule has 2 heterocycles. The van der Waals surface area contributed by atoms with Crippen molar-refractivity contribution in [3.05, 3.63) is 29.7 Å². The Kier molecular flexibility index (Phi) is 3.23. The molecule has 1 amide bonds. The van der Waals surface area contributed by atoms with Gasteiger partial charge in [0.1, 0.15) is 17.1 Å². The largest absolute Gasteiger partial charge is 0.464 e. The fourth-order valence-corrected chi connectivity index (χ4v) is 1.74. The van der Waals surface area contributed by atoms with Crippen molar-refractivity contribution in [3.63, 3.8) is 0 Å². The van der Waals surface area contributed by atoms with E-state index in [0.717, 1.165) is 5.76 Å². The first-order chi connectivity index (χ1) is 8.49. The van der Waals surface area contributed by atoms with Crippen LogP contribution in [0.1, 0.15) is 24.9 Å². The summed E-state index contributed by atoms with van der Waals surface area (Å²) in [4.78, 5) is 23.1. The van der Waals surface area contributed by atoms with Crippen LogP contribution in [0.5, 0.6) is 0 Å². The first-order valence-corrected chi connectivity index (χ1v) is 5.73. The van der Waals surface area contributed by atoms with Gasteiger partial charge in [0.2, 0.25) is 5.91 Å². The first-order valence-electron chi connectivity index (χ1n) is 5.73. The number of hydrogen-bond donors (Lipinski definition) is 1. The Morgan fingerprint density at radius 2 is 2.28 bits per heavy atom. The minimum Gasteiger partial charge on any atom is -0.464 e. The Labute approximate surface area is 105 Å². The molecule has 0 aromatic carbocycles. The summed E-state index contributed by atoms with van der Waals surface area (Å²) in [6.45, 7) is 3.83. The molecule has 1 atom stereocenters. The van der Waals surface area contributed by atoms with Crippen LogP contribution in [0.2, 0.25) is 0 Å². The molecule has 2 rings (SSSR count). The summed E-state index contributed by atoms with van der Waals surface area (Å²) in [5, 5.41) is 2.64. The lowest BCUT2D eigenvalue weighted by Gasteiger charge is -2.19. The lowest BCUT2D eigenvalue weighted by molar-refractivity contribution is -0.144. The second kappa shape index (κ2) is 4.68. The first kappa shape index (κ1) is 12.4. The Balaban J connectivity index is 1.97. The van der Waals surface area contributed by atoms with Crippen molar-refractivity contribution in [1.82, 2.24) is 5.32 Å². The molecule has 5 nitrogen and oxygen atoms in total. The Hall–Kier alpha value is -2.04. The van der Waals surface area contributed by atoms with Crippen molar-refractivity contribution in [2.24, 2.45) is 0 Å². The highest BCUT2D eigenvalue weighted by molar-refractivity contribution is 5.96. The summed E-state index contributed by atoms with van der Waals surface area (Å²) in [7, 11) is 0. The van der Waals surface area contributed by atoms with Crippen LogP contribution in [0.25, 0.3) is 6.08 Å². The van der Waals surface area contributed by atoms with Crippen molar-refractivity contribution in [2.75, 3.05) is 6.61 Å². The predicted octanol–water partition coefficient (Wildman–Crippen LogP) is 1.42. The SMILES string of the molecule is Cc1ccc(C=CC(=O)NC2(C)CCOC2=O)o1. The molecule has 0 saturated carbocycles. The van der Waals surface area contributed by atoms with Gasteiger partial charge in [0, 0.05) is 12.5 Å². The molecular formula is C13H15NO4. The molecule has 1 unspecified atom stereocenters. The number of furan rings is 1. The number of hydrogen-bond acceptors (Lipinski definition) is 4. The molecule has 0 spiro atoms. The number of esters is 1. The number of aryl methyl sites for hydroxylation is 1. The highest BCUT2D eigenvalue weighted by atomic mass is 16.5. The zero-order valence-corrected chi connectivity index (χ0v) is 10.4. The Morgan fingerprint density at radius 3 is 2.83 bits per heavy atom. The van der Waals surface area contributed by atoms with Gasteiger partial charge in [-0.25, -0.2) is 4.79 Å². The standard InChI is InChI=1S/C13H15NO4/c1-9-3-4-10(18-9)5-6-11(15)14-13(2)7-8-17-12(13)16/h3-6H,7-8H2,1-2H3,(H,14,15). The average Bonchev–Trinajstić information content (AvgIpc) is 2.84. The number of amides is 1. The van der Waals surface area contributed by atoms with Gasteiger partial charge in [0.15, 0.2) is 0 Å². The maximum atomic E-state index is 11.7. The normalized spacial score (nSPS) is 23.3. The molecule has 1 aliphatic heterocycles. The van der Waals surface area contributed by atoms with Crippen molar-refractivity contribution < 1.29 is 18.7 Å². The van der Waals surface area contributed by atoms with Crippen LogP contribution in [-0.4, -0.2) is 24.0 Å². The summed E-state index contributed by atoms with van der Waals surface area (Å²) in [6, 6.07) is 3.58. The third-order valence-electron chi connectivity index (χ3n) is 2.84. The van der Waals surface area contributed by atoms with Gasteiger partial charge in [0.05, 0.1) is 6.61 Å². The zero-order valence-electron chi connectivity index (χ0n) is 10.4. The van der Waals surface area contributed by atoms with Gasteiger partial charge in [-0.15, -0.1) is 0 Å². The molecular weight excluding hydrogens is 234 g/mol. The zero-order chi connectivity index (χ0) is 13.2.